The van der Waals surface area contributed by atoms with Crippen LogP contribution in [0.3, 0.4) is 0 Å². The van der Waals surface area contributed by atoms with E-state index in [-0.39, 0.29) is 0 Å². The van der Waals surface area contributed by atoms with Crippen molar-refractivity contribution >= 4 is 5.82 Å². The minimum absolute atomic E-state index is 0.588. The topological polar surface area (TPSA) is 41.0 Å². The zero-order valence-corrected chi connectivity index (χ0v) is 12.6. The Morgan fingerprint density at radius 2 is 1.95 bits per heavy atom. The van der Waals surface area contributed by atoms with Crippen molar-refractivity contribution in [2.24, 2.45) is 5.92 Å². The highest BCUT2D eigenvalue weighted by Crippen LogP contribution is 2.22. The molecular weight excluding hydrogens is 236 g/mol. The van der Waals surface area contributed by atoms with E-state index in [2.05, 4.69) is 40.1 Å². The van der Waals surface area contributed by atoms with Crippen LogP contribution in [0.1, 0.15) is 38.2 Å². The lowest BCUT2D eigenvalue weighted by molar-refractivity contribution is 0.369. The molecule has 2 rings (SSSR count). The van der Waals surface area contributed by atoms with Gasteiger partial charge in [0.2, 0.25) is 0 Å². The van der Waals surface area contributed by atoms with Crippen molar-refractivity contribution in [1.82, 2.24) is 15.3 Å². The molecule has 1 aliphatic heterocycles. The van der Waals surface area contributed by atoms with Gasteiger partial charge >= 0.3 is 0 Å². The summed E-state index contributed by atoms with van der Waals surface area (Å²) in [5.74, 6) is 2.78. The van der Waals surface area contributed by atoms with Gasteiger partial charge < -0.3 is 10.2 Å². The van der Waals surface area contributed by atoms with Gasteiger partial charge in [0.25, 0.3) is 0 Å². The monoisotopic (exact) mass is 262 g/mol. The van der Waals surface area contributed by atoms with Gasteiger partial charge in [-0.25, -0.2) is 9.97 Å². The van der Waals surface area contributed by atoms with E-state index in [4.69, 9.17) is 0 Å². The first kappa shape index (κ1) is 14.3. The molecule has 0 unspecified atom stereocenters. The Bertz CT molecular complexity index is 388. The summed E-state index contributed by atoms with van der Waals surface area (Å²) in [7, 11) is 0. The van der Waals surface area contributed by atoms with Crippen LogP contribution in [0.15, 0.2) is 6.07 Å². The second kappa shape index (κ2) is 6.33. The molecule has 0 bridgehead atoms. The second-order valence-electron chi connectivity index (χ2n) is 5.91. The maximum absolute atomic E-state index is 4.56. The molecule has 1 aromatic rings. The lowest BCUT2D eigenvalue weighted by Gasteiger charge is -2.33. The van der Waals surface area contributed by atoms with Crippen molar-refractivity contribution in [3.05, 3.63) is 17.6 Å². The minimum atomic E-state index is 0.588. The normalized spacial score (nSPS) is 17.2. The van der Waals surface area contributed by atoms with Crippen LogP contribution in [0.5, 0.6) is 0 Å². The van der Waals surface area contributed by atoms with Crippen LogP contribution in [0, 0.1) is 19.8 Å². The molecule has 1 N–H and O–H groups in total. The minimum Gasteiger partial charge on any atom is -0.356 e. The van der Waals surface area contributed by atoms with E-state index >= 15 is 0 Å². The summed E-state index contributed by atoms with van der Waals surface area (Å²) in [6.45, 7) is 11.8. The van der Waals surface area contributed by atoms with Crippen LogP contribution >= 0.6 is 0 Å². The van der Waals surface area contributed by atoms with E-state index in [1.54, 1.807) is 0 Å². The highest BCUT2D eigenvalue weighted by atomic mass is 15.2. The fourth-order valence-corrected chi connectivity index (χ4v) is 2.63. The average molecular weight is 262 g/mol. The molecule has 0 amide bonds. The summed E-state index contributed by atoms with van der Waals surface area (Å²) < 4.78 is 0. The molecule has 1 saturated heterocycles. The van der Waals surface area contributed by atoms with Crippen molar-refractivity contribution in [3.8, 4) is 0 Å². The van der Waals surface area contributed by atoms with Crippen LogP contribution < -0.4 is 10.2 Å². The molecule has 1 fully saturated rings. The summed E-state index contributed by atoms with van der Waals surface area (Å²) in [4.78, 5) is 11.3. The number of aromatic nitrogens is 2. The number of hydrogen-bond acceptors (Lipinski definition) is 4. The second-order valence-corrected chi connectivity index (χ2v) is 5.91. The fourth-order valence-electron chi connectivity index (χ4n) is 2.63. The summed E-state index contributed by atoms with van der Waals surface area (Å²) in [5.41, 5.74) is 1.06. The van der Waals surface area contributed by atoms with E-state index in [0.29, 0.717) is 6.04 Å². The molecule has 0 aliphatic carbocycles. The predicted molar refractivity (Wildman–Crippen MR) is 79.6 cm³/mol. The molecule has 1 aliphatic rings. The van der Waals surface area contributed by atoms with Crippen molar-refractivity contribution in [1.29, 1.82) is 0 Å². The molecule has 19 heavy (non-hydrogen) atoms. The zero-order valence-electron chi connectivity index (χ0n) is 12.6. The van der Waals surface area contributed by atoms with Crippen LogP contribution in [-0.2, 0) is 0 Å². The Balaban J connectivity index is 1.89. The Kier molecular flexibility index (Phi) is 4.75. The zero-order chi connectivity index (χ0) is 13.8. The Labute approximate surface area is 116 Å². The SMILES string of the molecule is Cc1cc(N2CCC(CNC(C)C)CC2)nc(C)n1. The molecule has 4 heteroatoms. The van der Waals surface area contributed by atoms with E-state index in [9.17, 15) is 0 Å². The van der Waals surface area contributed by atoms with Crippen LogP contribution in [0.2, 0.25) is 0 Å². The van der Waals surface area contributed by atoms with E-state index in [0.717, 1.165) is 42.9 Å². The number of nitrogens with one attached hydrogen (secondary N) is 1. The van der Waals surface area contributed by atoms with Crippen molar-refractivity contribution in [2.45, 2.75) is 46.6 Å². The largest absolute Gasteiger partial charge is 0.356 e. The van der Waals surface area contributed by atoms with Gasteiger partial charge in [-0.3, -0.25) is 0 Å². The first-order valence-corrected chi connectivity index (χ1v) is 7.35. The Hall–Kier alpha value is -1.16. The van der Waals surface area contributed by atoms with Crippen molar-refractivity contribution < 1.29 is 0 Å². The molecular formula is C15H26N4. The number of anilines is 1. The summed E-state index contributed by atoms with van der Waals surface area (Å²) in [6, 6.07) is 2.69. The standard InChI is InChI=1S/C15H26N4/c1-11(2)16-10-14-5-7-19(8-6-14)15-9-12(3)17-13(4)18-15/h9,11,14,16H,5-8,10H2,1-4H3. The first-order chi connectivity index (χ1) is 9.04. The van der Waals surface area contributed by atoms with Gasteiger partial charge in [-0.1, -0.05) is 13.8 Å². The number of aryl methyl sites for hydroxylation is 2. The van der Waals surface area contributed by atoms with Gasteiger partial charge in [0, 0.05) is 30.9 Å². The van der Waals surface area contributed by atoms with Crippen LogP contribution in [0.25, 0.3) is 0 Å². The van der Waals surface area contributed by atoms with Crippen LogP contribution in [-0.4, -0.2) is 35.6 Å². The molecule has 106 valence electrons. The predicted octanol–water partition coefficient (Wildman–Crippen LogP) is 2.31. The summed E-state index contributed by atoms with van der Waals surface area (Å²) in [6.07, 6.45) is 2.50. The molecule has 0 spiro atoms. The molecule has 1 aromatic heterocycles. The van der Waals surface area contributed by atoms with Gasteiger partial charge in [-0.2, -0.15) is 0 Å². The third-order valence-corrected chi connectivity index (χ3v) is 3.71. The van der Waals surface area contributed by atoms with E-state index in [1.807, 2.05) is 13.8 Å². The highest BCUT2D eigenvalue weighted by molar-refractivity contribution is 5.40. The fraction of sp³-hybridized carbons (Fsp3) is 0.733. The van der Waals surface area contributed by atoms with Crippen molar-refractivity contribution in [3.63, 3.8) is 0 Å². The summed E-state index contributed by atoms with van der Waals surface area (Å²) in [5, 5.41) is 3.54. The molecule has 0 atom stereocenters. The quantitative estimate of drug-likeness (QED) is 0.904. The third-order valence-electron chi connectivity index (χ3n) is 3.71. The molecule has 2 heterocycles. The van der Waals surface area contributed by atoms with E-state index < -0.39 is 0 Å². The highest BCUT2D eigenvalue weighted by Gasteiger charge is 2.20. The van der Waals surface area contributed by atoms with Crippen molar-refractivity contribution in [2.75, 3.05) is 24.5 Å². The third kappa shape index (κ3) is 4.16. The Morgan fingerprint density at radius 1 is 1.26 bits per heavy atom. The maximum atomic E-state index is 4.56. The smallest absolute Gasteiger partial charge is 0.132 e. The lowest BCUT2D eigenvalue weighted by atomic mass is 9.96. The lowest BCUT2D eigenvalue weighted by Crippen LogP contribution is -2.39. The number of nitrogens with zero attached hydrogens (tertiary/aromatic N) is 3. The van der Waals surface area contributed by atoms with Gasteiger partial charge in [0.15, 0.2) is 0 Å². The maximum Gasteiger partial charge on any atom is 0.132 e. The number of hydrogen-bond donors (Lipinski definition) is 1. The number of piperidine rings is 1. The summed E-state index contributed by atoms with van der Waals surface area (Å²) >= 11 is 0. The Morgan fingerprint density at radius 3 is 2.53 bits per heavy atom. The molecule has 4 nitrogen and oxygen atoms in total. The van der Waals surface area contributed by atoms with Gasteiger partial charge in [0.1, 0.15) is 11.6 Å². The molecule has 0 saturated carbocycles. The van der Waals surface area contributed by atoms with Gasteiger partial charge in [0.05, 0.1) is 0 Å². The average Bonchev–Trinajstić information content (AvgIpc) is 2.36. The van der Waals surface area contributed by atoms with Crippen LogP contribution in [0.4, 0.5) is 5.82 Å². The van der Waals surface area contributed by atoms with Gasteiger partial charge in [-0.05, 0) is 39.2 Å². The number of rotatable bonds is 4. The van der Waals surface area contributed by atoms with E-state index in [1.165, 1.54) is 12.8 Å². The molecule has 0 radical (unpaired) electrons. The molecule has 0 aromatic carbocycles. The van der Waals surface area contributed by atoms with Gasteiger partial charge in [-0.15, -0.1) is 0 Å². The first-order valence-electron chi connectivity index (χ1n) is 7.35.